The number of carbonyl (C=O) groups excluding carboxylic acids is 1. The van der Waals surface area contributed by atoms with E-state index < -0.39 is 0 Å². The van der Waals surface area contributed by atoms with E-state index in [0.29, 0.717) is 19.5 Å². The van der Waals surface area contributed by atoms with Gasteiger partial charge in [-0.1, -0.05) is 19.1 Å². The predicted octanol–water partition coefficient (Wildman–Crippen LogP) is 2.34. The highest BCUT2D eigenvalue weighted by Gasteiger charge is 2.07. The van der Waals surface area contributed by atoms with E-state index in [1.165, 1.54) is 16.5 Å². The van der Waals surface area contributed by atoms with Crippen LogP contribution < -0.4 is 10.6 Å². The highest BCUT2D eigenvalue weighted by Crippen LogP contribution is 2.22. The Labute approximate surface area is 131 Å². The van der Waals surface area contributed by atoms with E-state index in [9.17, 15) is 4.79 Å². The number of hydrogen-bond acceptors (Lipinski definition) is 2. The van der Waals surface area contributed by atoms with Gasteiger partial charge in [0.2, 0.25) is 0 Å². The number of benzene rings is 1. The lowest BCUT2D eigenvalue weighted by molar-refractivity contribution is 0.234. The van der Waals surface area contributed by atoms with Crippen molar-refractivity contribution in [3.63, 3.8) is 0 Å². The maximum atomic E-state index is 11.7. The molecule has 4 N–H and O–H groups in total. The summed E-state index contributed by atoms with van der Waals surface area (Å²) in [5, 5.41) is 15.8. The Hall–Kier alpha value is -2.01. The van der Waals surface area contributed by atoms with Crippen LogP contribution in [0.5, 0.6) is 0 Å². The lowest BCUT2D eigenvalue weighted by Gasteiger charge is -2.12. The van der Waals surface area contributed by atoms with E-state index in [0.717, 1.165) is 11.9 Å². The third kappa shape index (κ3) is 4.24. The molecule has 1 aromatic carbocycles. The summed E-state index contributed by atoms with van der Waals surface area (Å²) in [5.41, 5.74) is 3.61. The first kappa shape index (κ1) is 16.4. The Morgan fingerprint density at radius 3 is 2.95 bits per heavy atom. The fourth-order valence-corrected chi connectivity index (χ4v) is 2.61. The molecular weight excluding hydrogens is 278 g/mol. The number of nitrogens with one attached hydrogen (secondary N) is 3. The zero-order valence-electron chi connectivity index (χ0n) is 13.3. The first-order valence-corrected chi connectivity index (χ1v) is 7.80. The van der Waals surface area contributed by atoms with Gasteiger partial charge in [0.25, 0.3) is 0 Å². The number of aromatic nitrogens is 1. The van der Waals surface area contributed by atoms with E-state index in [2.05, 4.69) is 34.7 Å². The molecular formula is C17H25N3O2. The van der Waals surface area contributed by atoms with Crippen LogP contribution in [0.15, 0.2) is 24.4 Å². The standard InChI is InChI=1S/C17H25N3O2/c1-12(7-9-21)10-20-17(22)18-8-6-14-11-19-15-5-3-4-13(2)16(14)15/h3-5,11-12,19,21H,6-10H2,1-2H3,(H2,18,20,22). The van der Waals surface area contributed by atoms with Crippen molar-refractivity contribution in [3.05, 3.63) is 35.5 Å². The number of aryl methyl sites for hydroxylation is 1. The van der Waals surface area contributed by atoms with Crippen LogP contribution >= 0.6 is 0 Å². The third-order valence-electron chi connectivity index (χ3n) is 3.91. The molecule has 5 nitrogen and oxygen atoms in total. The summed E-state index contributed by atoms with van der Waals surface area (Å²) >= 11 is 0. The van der Waals surface area contributed by atoms with Gasteiger partial charge in [0, 0.05) is 36.8 Å². The summed E-state index contributed by atoms with van der Waals surface area (Å²) in [6.07, 6.45) is 3.51. The Bertz CT molecular complexity index is 621. The van der Waals surface area contributed by atoms with Gasteiger partial charge < -0.3 is 20.7 Å². The van der Waals surface area contributed by atoms with Crippen LogP contribution in [0.3, 0.4) is 0 Å². The zero-order valence-corrected chi connectivity index (χ0v) is 13.3. The Kier molecular flexibility index (Phi) is 5.83. The van der Waals surface area contributed by atoms with Crippen molar-refractivity contribution in [1.29, 1.82) is 0 Å². The largest absolute Gasteiger partial charge is 0.396 e. The molecule has 0 aliphatic carbocycles. The second kappa shape index (κ2) is 7.84. The van der Waals surface area contributed by atoms with Crippen molar-refractivity contribution in [3.8, 4) is 0 Å². The van der Waals surface area contributed by atoms with Crippen molar-refractivity contribution in [2.75, 3.05) is 19.7 Å². The van der Waals surface area contributed by atoms with Crippen molar-refractivity contribution in [2.24, 2.45) is 5.92 Å². The molecule has 120 valence electrons. The minimum atomic E-state index is -0.152. The van der Waals surface area contributed by atoms with Crippen LogP contribution in [0.1, 0.15) is 24.5 Å². The molecule has 0 saturated heterocycles. The molecule has 0 aliphatic rings. The second-order valence-electron chi connectivity index (χ2n) is 5.82. The van der Waals surface area contributed by atoms with Crippen molar-refractivity contribution >= 4 is 16.9 Å². The summed E-state index contributed by atoms with van der Waals surface area (Å²) in [7, 11) is 0. The number of aromatic amines is 1. The van der Waals surface area contributed by atoms with Gasteiger partial charge in [-0.2, -0.15) is 0 Å². The van der Waals surface area contributed by atoms with Crippen molar-refractivity contribution in [1.82, 2.24) is 15.6 Å². The minimum absolute atomic E-state index is 0.152. The first-order chi connectivity index (χ1) is 10.6. The lowest BCUT2D eigenvalue weighted by atomic mass is 10.1. The number of amides is 2. The van der Waals surface area contributed by atoms with Crippen molar-refractivity contribution in [2.45, 2.75) is 26.7 Å². The fraction of sp³-hybridized carbons (Fsp3) is 0.471. The molecule has 1 atom stereocenters. The number of H-pyrrole nitrogens is 1. The van der Waals surface area contributed by atoms with E-state index in [1.54, 1.807) is 0 Å². The number of rotatable bonds is 7. The lowest BCUT2D eigenvalue weighted by Crippen LogP contribution is -2.38. The summed E-state index contributed by atoms with van der Waals surface area (Å²) in [4.78, 5) is 15.0. The van der Waals surface area contributed by atoms with Gasteiger partial charge in [-0.3, -0.25) is 0 Å². The van der Waals surface area contributed by atoms with Gasteiger partial charge in [0.1, 0.15) is 0 Å². The van der Waals surface area contributed by atoms with Gasteiger partial charge >= 0.3 is 6.03 Å². The van der Waals surface area contributed by atoms with Gasteiger partial charge in [0.05, 0.1) is 0 Å². The maximum absolute atomic E-state index is 11.7. The number of fused-ring (bicyclic) bond motifs is 1. The Balaban J connectivity index is 1.79. The number of urea groups is 1. The predicted molar refractivity (Wildman–Crippen MR) is 89.0 cm³/mol. The monoisotopic (exact) mass is 303 g/mol. The number of hydrogen-bond donors (Lipinski definition) is 4. The molecule has 2 amide bonds. The maximum Gasteiger partial charge on any atom is 0.314 e. The van der Waals surface area contributed by atoms with E-state index >= 15 is 0 Å². The normalized spacial score (nSPS) is 12.3. The van der Waals surface area contributed by atoms with E-state index in [-0.39, 0.29) is 18.6 Å². The topological polar surface area (TPSA) is 77.2 Å². The van der Waals surface area contributed by atoms with E-state index in [1.807, 2.05) is 19.2 Å². The van der Waals surface area contributed by atoms with Crippen LogP contribution in [0.25, 0.3) is 10.9 Å². The van der Waals surface area contributed by atoms with Gasteiger partial charge in [-0.15, -0.1) is 0 Å². The Morgan fingerprint density at radius 2 is 2.18 bits per heavy atom. The molecule has 5 heteroatoms. The van der Waals surface area contributed by atoms with Crippen LogP contribution in [0.2, 0.25) is 0 Å². The van der Waals surface area contributed by atoms with Crippen LogP contribution in [-0.4, -0.2) is 35.8 Å². The number of aliphatic hydroxyl groups excluding tert-OH is 1. The van der Waals surface area contributed by atoms with Crippen LogP contribution in [0.4, 0.5) is 4.79 Å². The summed E-state index contributed by atoms with van der Waals surface area (Å²) in [6, 6.07) is 6.05. The highest BCUT2D eigenvalue weighted by atomic mass is 16.3. The SMILES string of the molecule is Cc1cccc2[nH]cc(CCNC(=O)NCC(C)CCO)c12. The van der Waals surface area contributed by atoms with Gasteiger partial charge in [-0.25, -0.2) is 4.79 Å². The molecule has 0 radical (unpaired) electrons. The smallest absolute Gasteiger partial charge is 0.314 e. The minimum Gasteiger partial charge on any atom is -0.396 e. The molecule has 22 heavy (non-hydrogen) atoms. The molecule has 0 bridgehead atoms. The molecule has 1 unspecified atom stereocenters. The summed E-state index contributed by atoms with van der Waals surface area (Å²) in [5.74, 6) is 0.284. The average Bonchev–Trinajstić information content (AvgIpc) is 2.90. The van der Waals surface area contributed by atoms with Crippen LogP contribution in [0, 0.1) is 12.8 Å². The molecule has 1 heterocycles. The van der Waals surface area contributed by atoms with Gasteiger partial charge in [0.15, 0.2) is 0 Å². The van der Waals surface area contributed by atoms with E-state index in [4.69, 9.17) is 5.11 Å². The quantitative estimate of drug-likeness (QED) is 0.633. The fourth-order valence-electron chi connectivity index (χ4n) is 2.61. The molecule has 0 spiro atoms. The molecule has 2 aromatic rings. The zero-order chi connectivity index (χ0) is 15.9. The van der Waals surface area contributed by atoms with Crippen LogP contribution in [-0.2, 0) is 6.42 Å². The molecule has 0 fully saturated rings. The van der Waals surface area contributed by atoms with Gasteiger partial charge in [-0.05, 0) is 42.9 Å². The summed E-state index contributed by atoms with van der Waals surface area (Å²) in [6.45, 7) is 5.44. The molecule has 2 rings (SSSR count). The summed E-state index contributed by atoms with van der Waals surface area (Å²) < 4.78 is 0. The van der Waals surface area contributed by atoms with Crippen molar-refractivity contribution < 1.29 is 9.90 Å². The molecule has 1 aromatic heterocycles. The second-order valence-corrected chi connectivity index (χ2v) is 5.82. The molecule has 0 aliphatic heterocycles. The number of carbonyl (C=O) groups is 1. The highest BCUT2D eigenvalue weighted by molar-refractivity contribution is 5.86. The number of aliphatic hydroxyl groups is 1. The molecule has 0 saturated carbocycles. The average molecular weight is 303 g/mol. The first-order valence-electron chi connectivity index (χ1n) is 7.80. The Morgan fingerprint density at radius 1 is 1.36 bits per heavy atom. The third-order valence-corrected chi connectivity index (χ3v) is 3.91.